The average molecular weight is 312 g/mol. The van der Waals surface area contributed by atoms with Crippen LogP contribution in [-0.2, 0) is 11.3 Å². The fourth-order valence-corrected chi connectivity index (χ4v) is 2.51. The zero-order valence-electron chi connectivity index (χ0n) is 13.4. The van der Waals surface area contributed by atoms with Crippen LogP contribution in [0.4, 0.5) is 5.82 Å². The van der Waals surface area contributed by atoms with E-state index in [0.29, 0.717) is 0 Å². The lowest BCUT2D eigenvalue weighted by atomic mass is 10.1. The molecule has 1 aliphatic heterocycles. The summed E-state index contributed by atoms with van der Waals surface area (Å²) in [5.74, 6) is 0.988. The van der Waals surface area contributed by atoms with Crippen molar-refractivity contribution < 1.29 is 4.74 Å². The van der Waals surface area contributed by atoms with Crippen molar-refractivity contribution in [2.75, 3.05) is 24.6 Å². The van der Waals surface area contributed by atoms with E-state index in [1.807, 2.05) is 0 Å². The van der Waals surface area contributed by atoms with E-state index in [-0.39, 0.29) is 11.6 Å². The summed E-state index contributed by atoms with van der Waals surface area (Å²) >= 11 is 6.28. The van der Waals surface area contributed by atoms with Crippen molar-refractivity contribution in [1.29, 1.82) is 0 Å². The molecule has 1 aliphatic rings. The van der Waals surface area contributed by atoms with Gasteiger partial charge in [-0.25, -0.2) is 4.98 Å². The van der Waals surface area contributed by atoms with Crippen molar-refractivity contribution in [1.82, 2.24) is 10.3 Å². The lowest BCUT2D eigenvalue weighted by molar-refractivity contribution is 0.0820. The molecule has 118 valence electrons. The van der Waals surface area contributed by atoms with Gasteiger partial charge in [-0.15, -0.1) is 0 Å². The van der Waals surface area contributed by atoms with Crippen LogP contribution in [-0.4, -0.2) is 36.3 Å². The van der Waals surface area contributed by atoms with E-state index in [4.69, 9.17) is 16.3 Å². The zero-order valence-corrected chi connectivity index (χ0v) is 14.2. The van der Waals surface area contributed by atoms with Crippen molar-refractivity contribution in [3.05, 3.63) is 22.8 Å². The summed E-state index contributed by atoms with van der Waals surface area (Å²) < 4.78 is 5.69. The summed E-state index contributed by atoms with van der Waals surface area (Å²) in [6.45, 7) is 12.0. The molecule has 1 N–H and O–H groups in total. The molecular weight excluding hydrogens is 286 g/mol. The smallest absolute Gasteiger partial charge is 0.128 e. The fraction of sp³-hybridized carbons (Fsp3) is 0.688. The van der Waals surface area contributed by atoms with E-state index >= 15 is 0 Å². The van der Waals surface area contributed by atoms with E-state index in [0.717, 1.165) is 49.1 Å². The third-order valence-corrected chi connectivity index (χ3v) is 3.85. The Kier molecular flexibility index (Phi) is 5.47. The van der Waals surface area contributed by atoms with Crippen LogP contribution in [0.1, 0.15) is 39.7 Å². The van der Waals surface area contributed by atoms with Crippen LogP contribution in [0.5, 0.6) is 0 Å². The van der Waals surface area contributed by atoms with Crippen LogP contribution in [0.25, 0.3) is 0 Å². The Morgan fingerprint density at radius 3 is 2.95 bits per heavy atom. The van der Waals surface area contributed by atoms with Crippen molar-refractivity contribution >= 4 is 17.4 Å². The van der Waals surface area contributed by atoms with Gasteiger partial charge in [-0.3, -0.25) is 0 Å². The van der Waals surface area contributed by atoms with Gasteiger partial charge >= 0.3 is 0 Å². The number of nitrogens with zero attached hydrogens (tertiary/aromatic N) is 2. The number of hydrogen-bond acceptors (Lipinski definition) is 4. The van der Waals surface area contributed by atoms with Crippen LogP contribution in [0, 0.1) is 0 Å². The second kappa shape index (κ2) is 6.95. The van der Waals surface area contributed by atoms with Crippen molar-refractivity contribution in [2.24, 2.45) is 0 Å². The van der Waals surface area contributed by atoms with Crippen molar-refractivity contribution in [2.45, 2.75) is 52.3 Å². The summed E-state index contributed by atoms with van der Waals surface area (Å²) in [5.41, 5.74) is 1.16. The van der Waals surface area contributed by atoms with Crippen LogP contribution < -0.4 is 10.2 Å². The molecule has 1 fully saturated rings. The van der Waals surface area contributed by atoms with Gasteiger partial charge in [0.05, 0.1) is 11.1 Å². The van der Waals surface area contributed by atoms with Gasteiger partial charge in [0, 0.05) is 38.0 Å². The first-order valence-electron chi connectivity index (χ1n) is 7.61. The molecule has 1 aromatic rings. The topological polar surface area (TPSA) is 37.4 Å². The number of pyridine rings is 1. The number of aromatic nitrogens is 1. The molecule has 0 spiro atoms. The van der Waals surface area contributed by atoms with E-state index < -0.39 is 0 Å². The quantitative estimate of drug-likeness (QED) is 0.930. The molecule has 2 heterocycles. The monoisotopic (exact) mass is 311 g/mol. The van der Waals surface area contributed by atoms with Gasteiger partial charge in [0.15, 0.2) is 0 Å². The Morgan fingerprint density at radius 1 is 1.48 bits per heavy atom. The fourth-order valence-electron chi connectivity index (χ4n) is 2.34. The zero-order chi connectivity index (χ0) is 15.5. The highest BCUT2D eigenvalue weighted by molar-refractivity contribution is 6.31. The average Bonchev–Trinajstić information content (AvgIpc) is 2.61. The minimum atomic E-state index is 0.0672. The number of anilines is 1. The maximum atomic E-state index is 6.28. The molecule has 0 radical (unpaired) electrons. The minimum Gasteiger partial charge on any atom is -0.377 e. The minimum absolute atomic E-state index is 0.0672. The van der Waals surface area contributed by atoms with Gasteiger partial charge in [0.25, 0.3) is 0 Å². The standard InChI is InChI=1S/C16H26ClN3O/c1-12-11-20(6-5-7-21-12)15-8-13(14(17)10-18-15)9-19-16(2,3)4/h8,10,12,19H,5-7,9,11H2,1-4H3. The van der Waals surface area contributed by atoms with Crippen LogP contribution >= 0.6 is 11.6 Å². The van der Waals surface area contributed by atoms with E-state index in [1.165, 1.54) is 0 Å². The third-order valence-electron chi connectivity index (χ3n) is 3.51. The molecule has 0 saturated carbocycles. The second-order valence-electron chi connectivity index (χ2n) is 6.72. The number of ether oxygens (including phenoxy) is 1. The van der Waals surface area contributed by atoms with Crippen LogP contribution in [0.2, 0.25) is 5.02 Å². The molecule has 2 rings (SSSR count). The summed E-state index contributed by atoms with van der Waals surface area (Å²) in [6.07, 6.45) is 3.03. The predicted octanol–water partition coefficient (Wildman–Crippen LogP) is 3.24. The molecule has 21 heavy (non-hydrogen) atoms. The Labute approximate surface area is 132 Å². The molecule has 0 bridgehead atoms. The second-order valence-corrected chi connectivity index (χ2v) is 7.13. The van der Waals surface area contributed by atoms with Gasteiger partial charge in [-0.05, 0) is 45.7 Å². The number of nitrogens with one attached hydrogen (secondary N) is 1. The lowest BCUT2D eigenvalue weighted by Crippen LogP contribution is -2.35. The molecule has 0 aromatic carbocycles. The molecule has 1 saturated heterocycles. The van der Waals surface area contributed by atoms with Crippen molar-refractivity contribution in [3.63, 3.8) is 0 Å². The molecule has 1 unspecified atom stereocenters. The molecular formula is C16H26ClN3O. The molecule has 0 amide bonds. The first-order valence-corrected chi connectivity index (χ1v) is 7.99. The van der Waals surface area contributed by atoms with Crippen LogP contribution in [0.3, 0.4) is 0 Å². The first kappa shape index (κ1) is 16.5. The molecule has 4 nitrogen and oxygen atoms in total. The Hall–Kier alpha value is -0.840. The highest BCUT2D eigenvalue weighted by atomic mass is 35.5. The maximum Gasteiger partial charge on any atom is 0.128 e. The molecule has 0 aliphatic carbocycles. The predicted molar refractivity (Wildman–Crippen MR) is 88.1 cm³/mol. The largest absolute Gasteiger partial charge is 0.377 e. The van der Waals surface area contributed by atoms with E-state index in [2.05, 4.69) is 49.0 Å². The molecule has 5 heteroatoms. The van der Waals surface area contributed by atoms with E-state index in [9.17, 15) is 0 Å². The molecule has 1 aromatic heterocycles. The summed E-state index contributed by atoms with van der Waals surface area (Å²) in [6, 6.07) is 2.10. The van der Waals surface area contributed by atoms with Gasteiger partial charge in [0.1, 0.15) is 5.82 Å². The van der Waals surface area contributed by atoms with E-state index in [1.54, 1.807) is 6.20 Å². The van der Waals surface area contributed by atoms with Crippen LogP contribution in [0.15, 0.2) is 12.3 Å². The first-order chi connectivity index (χ1) is 9.85. The highest BCUT2D eigenvalue weighted by Gasteiger charge is 2.18. The SMILES string of the molecule is CC1CN(c2cc(CNC(C)(C)C)c(Cl)cn2)CCCO1. The number of rotatable bonds is 3. The Morgan fingerprint density at radius 2 is 2.24 bits per heavy atom. The summed E-state index contributed by atoms with van der Waals surface area (Å²) in [4.78, 5) is 6.78. The Bertz CT molecular complexity index is 473. The summed E-state index contributed by atoms with van der Waals surface area (Å²) in [7, 11) is 0. The summed E-state index contributed by atoms with van der Waals surface area (Å²) in [5, 5.41) is 4.19. The lowest BCUT2D eigenvalue weighted by Gasteiger charge is -2.25. The number of hydrogen-bond donors (Lipinski definition) is 1. The van der Waals surface area contributed by atoms with Gasteiger partial charge in [-0.2, -0.15) is 0 Å². The third kappa shape index (κ3) is 5.13. The van der Waals surface area contributed by atoms with Crippen molar-refractivity contribution in [3.8, 4) is 0 Å². The highest BCUT2D eigenvalue weighted by Crippen LogP contribution is 2.22. The normalized spacial score (nSPS) is 20.4. The van der Waals surface area contributed by atoms with Gasteiger partial charge in [-0.1, -0.05) is 11.6 Å². The van der Waals surface area contributed by atoms with Gasteiger partial charge < -0.3 is 15.0 Å². The van der Waals surface area contributed by atoms with Gasteiger partial charge in [0.2, 0.25) is 0 Å². The maximum absolute atomic E-state index is 6.28. The number of halogens is 1. The Balaban J connectivity index is 2.13. The molecule has 1 atom stereocenters.